The van der Waals surface area contributed by atoms with Gasteiger partial charge in [-0.3, -0.25) is 4.79 Å². The van der Waals surface area contributed by atoms with Crippen molar-refractivity contribution in [3.05, 3.63) is 16.3 Å². The van der Waals surface area contributed by atoms with E-state index in [9.17, 15) is 4.79 Å². The van der Waals surface area contributed by atoms with Crippen LogP contribution in [0.3, 0.4) is 0 Å². The number of thioether (sulfide) groups is 1. The maximum atomic E-state index is 11.7. The molecule has 1 aromatic heterocycles. The molecule has 0 aromatic carbocycles. The van der Waals surface area contributed by atoms with Gasteiger partial charge in [-0.05, 0) is 30.5 Å². The van der Waals surface area contributed by atoms with Crippen LogP contribution in [0.2, 0.25) is 0 Å². The number of nitrogen functional groups attached to an aromatic ring is 1. The summed E-state index contributed by atoms with van der Waals surface area (Å²) >= 11 is 3.23. The molecule has 1 heterocycles. The van der Waals surface area contributed by atoms with E-state index in [1.165, 1.54) is 24.2 Å². The predicted molar refractivity (Wildman–Crippen MR) is 66.5 cm³/mol. The number of hydrogen-bond donors (Lipinski definition) is 2. The van der Waals surface area contributed by atoms with Gasteiger partial charge in [0.05, 0.1) is 5.69 Å². The van der Waals surface area contributed by atoms with E-state index in [0.717, 1.165) is 6.54 Å². The van der Waals surface area contributed by atoms with Gasteiger partial charge < -0.3 is 11.1 Å². The molecule has 0 aliphatic heterocycles. The van der Waals surface area contributed by atoms with E-state index in [-0.39, 0.29) is 5.91 Å². The van der Waals surface area contributed by atoms with E-state index in [1.807, 2.05) is 17.1 Å². The minimum atomic E-state index is -0.0391. The van der Waals surface area contributed by atoms with Gasteiger partial charge in [-0.2, -0.15) is 11.8 Å². The molecule has 0 bridgehead atoms. The second-order valence-electron chi connectivity index (χ2n) is 3.77. The summed E-state index contributed by atoms with van der Waals surface area (Å²) in [6.45, 7) is 0.754. The van der Waals surface area contributed by atoms with Gasteiger partial charge >= 0.3 is 0 Å². The number of nitrogens with one attached hydrogen (secondary N) is 1. The molecule has 5 heteroatoms. The zero-order valence-electron chi connectivity index (χ0n) is 8.58. The van der Waals surface area contributed by atoms with E-state index in [2.05, 4.69) is 11.6 Å². The zero-order valence-corrected chi connectivity index (χ0v) is 10.2. The molecule has 0 unspecified atom stereocenters. The average molecular weight is 242 g/mol. The Morgan fingerprint density at radius 1 is 1.73 bits per heavy atom. The van der Waals surface area contributed by atoms with Crippen LogP contribution in [0.4, 0.5) is 5.69 Å². The minimum absolute atomic E-state index is 0.0391. The van der Waals surface area contributed by atoms with Crippen molar-refractivity contribution in [2.45, 2.75) is 17.6 Å². The summed E-state index contributed by atoms with van der Waals surface area (Å²) in [6, 6.07) is 1.76. The highest BCUT2D eigenvalue weighted by molar-refractivity contribution is 8.00. The van der Waals surface area contributed by atoms with Crippen LogP contribution >= 0.6 is 23.1 Å². The number of hydrogen-bond acceptors (Lipinski definition) is 4. The third kappa shape index (κ3) is 2.29. The molecule has 0 radical (unpaired) electrons. The summed E-state index contributed by atoms with van der Waals surface area (Å²) in [5.41, 5.74) is 6.25. The highest BCUT2D eigenvalue weighted by atomic mass is 32.2. The first-order chi connectivity index (χ1) is 7.17. The molecule has 82 valence electrons. The molecule has 1 amide bonds. The lowest BCUT2D eigenvalue weighted by molar-refractivity contribution is 0.0958. The zero-order chi connectivity index (χ0) is 10.9. The summed E-state index contributed by atoms with van der Waals surface area (Å²) in [5.74, 6) is -0.0391. The molecule has 1 aliphatic rings. The molecule has 0 saturated heterocycles. The van der Waals surface area contributed by atoms with Gasteiger partial charge in [-0.1, -0.05) is 0 Å². The first kappa shape index (κ1) is 10.8. The topological polar surface area (TPSA) is 55.1 Å². The summed E-state index contributed by atoms with van der Waals surface area (Å²) < 4.78 is 0.307. The van der Waals surface area contributed by atoms with Crippen LogP contribution in [-0.4, -0.2) is 23.5 Å². The third-order valence-electron chi connectivity index (χ3n) is 2.71. The second kappa shape index (κ2) is 4.06. The highest BCUT2D eigenvalue weighted by Gasteiger charge is 2.42. The lowest BCUT2D eigenvalue weighted by Gasteiger charge is -2.12. The Bertz CT molecular complexity index is 371. The SMILES string of the molecule is CSC1(CNC(=O)c2sccc2N)CC1. The van der Waals surface area contributed by atoms with E-state index >= 15 is 0 Å². The summed E-state index contributed by atoms with van der Waals surface area (Å²) in [6.07, 6.45) is 4.50. The molecule has 1 aromatic rings. The number of anilines is 1. The van der Waals surface area contributed by atoms with Crippen molar-refractivity contribution in [2.75, 3.05) is 18.5 Å². The normalized spacial score (nSPS) is 17.4. The van der Waals surface area contributed by atoms with Crippen molar-refractivity contribution >= 4 is 34.7 Å². The molecule has 1 saturated carbocycles. The minimum Gasteiger partial charge on any atom is -0.397 e. The maximum absolute atomic E-state index is 11.7. The number of carbonyl (C=O) groups is 1. The number of amides is 1. The summed E-state index contributed by atoms with van der Waals surface area (Å²) in [7, 11) is 0. The van der Waals surface area contributed by atoms with Crippen molar-refractivity contribution in [1.29, 1.82) is 0 Å². The van der Waals surface area contributed by atoms with Crippen LogP contribution in [0.15, 0.2) is 11.4 Å². The Hall–Kier alpha value is -0.680. The van der Waals surface area contributed by atoms with Crippen LogP contribution in [0, 0.1) is 0 Å². The van der Waals surface area contributed by atoms with Crippen molar-refractivity contribution < 1.29 is 4.79 Å². The van der Waals surface area contributed by atoms with E-state index in [0.29, 0.717) is 15.3 Å². The van der Waals surface area contributed by atoms with Gasteiger partial charge in [0, 0.05) is 11.3 Å². The molecule has 0 spiro atoms. The Morgan fingerprint density at radius 3 is 2.93 bits per heavy atom. The van der Waals surface area contributed by atoms with E-state index in [4.69, 9.17) is 5.73 Å². The van der Waals surface area contributed by atoms with Crippen LogP contribution in [0.1, 0.15) is 22.5 Å². The number of nitrogens with two attached hydrogens (primary N) is 1. The fourth-order valence-electron chi connectivity index (χ4n) is 1.42. The molecule has 3 nitrogen and oxygen atoms in total. The molecular formula is C10H14N2OS2. The standard InChI is InChI=1S/C10H14N2OS2/c1-14-10(3-4-10)6-12-9(13)8-7(11)2-5-15-8/h2,5H,3-4,6,11H2,1H3,(H,12,13). The van der Waals surface area contributed by atoms with Crippen molar-refractivity contribution in [3.8, 4) is 0 Å². The number of rotatable bonds is 4. The van der Waals surface area contributed by atoms with Gasteiger partial charge in [0.2, 0.25) is 0 Å². The second-order valence-corrected chi connectivity index (χ2v) is 5.97. The lowest BCUT2D eigenvalue weighted by atomic mass is 10.3. The van der Waals surface area contributed by atoms with Crippen molar-refractivity contribution in [3.63, 3.8) is 0 Å². The Balaban J connectivity index is 1.91. The third-order valence-corrected chi connectivity index (χ3v) is 5.06. The van der Waals surface area contributed by atoms with Crippen LogP contribution in [0.5, 0.6) is 0 Å². The van der Waals surface area contributed by atoms with Crippen molar-refractivity contribution in [1.82, 2.24) is 5.32 Å². The highest BCUT2D eigenvalue weighted by Crippen LogP contribution is 2.46. The fraction of sp³-hybridized carbons (Fsp3) is 0.500. The van der Waals surface area contributed by atoms with Crippen LogP contribution in [-0.2, 0) is 0 Å². The summed E-state index contributed by atoms with van der Waals surface area (Å²) in [5, 5.41) is 4.79. The van der Waals surface area contributed by atoms with Gasteiger partial charge in [-0.25, -0.2) is 0 Å². The maximum Gasteiger partial charge on any atom is 0.263 e. The fourth-order valence-corrected chi connectivity index (χ4v) is 2.88. The van der Waals surface area contributed by atoms with Gasteiger partial charge in [0.15, 0.2) is 0 Å². The number of thiophene rings is 1. The van der Waals surface area contributed by atoms with Gasteiger partial charge in [0.1, 0.15) is 4.88 Å². The molecule has 15 heavy (non-hydrogen) atoms. The lowest BCUT2D eigenvalue weighted by Crippen LogP contribution is -2.31. The molecule has 3 N–H and O–H groups in total. The van der Waals surface area contributed by atoms with Gasteiger partial charge in [-0.15, -0.1) is 11.3 Å². The van der Waals surface area contributed by atoms with Crippen LogP contribution < -0.4 is 11.1 Å². The monoisotopic (exact) mass is 242 g/mol. The Kier molecular flexibility index (Phi) is 2.93. The predicted octanol–water partition coefficient (Wildman–Crippen LogP) is 1.96. The molecule has 1 aliphatic carbocycles. The molecule has 0 atom stereocenters. The van der Waals surface area contributed by atoms with E-state index in [1.54, 1.807) is 6.07 Å². The Labute approximate surface area is 97.4 Å². The first-order valence-electron chi connectivity index (χ1n) is 4.83. The first-order valence-corrected chi connectivity index (χ1v) is 6.94. The molecular weight excluding hydrogens is 228 g/mol. The van der Waals surface area contributed by atoms with E-state index < -0.39 is 0 Å². The largest absolute Gasteiger partial charge is 0.397 e. The van der Waals surface area contributed by atoms with Crippen molar-refractivity contribution in [2.24, 2.45) is 0 Å². The van der Waals surface area contributed by atoms with Gasteiger partial charge in [0.25, 0.3) is 5.91 Å². The quantitative estimate of drug-likeness (QED) is 0.848. The molecule has 1 fully saturated rings. The summed E-state index contributed by atoms with van der Waals surface area (Å²) in [4.78, 5) is 12.4. The smallest absolute Gasteiger partial charge is 0.263 e. The molecule has 2 rings (SSSR count). The average Bonchev–Trinajstić information content (AvgIpc) is 2.91. The van der Waals surface area contributed by atoms with Crippen LogP contribution in [0.25, 0.3) is 0 Å². The Morgan fingerprint density at radius 2 is 2.47 bits per heavy atom. The number of carbonyl (C=O) groups excluding carboxylic acids is 1.